The minimum absolute atomic E-state index is 0.298. The van der Waals surface area contributed by atoms with Gasteiger partial charge in [-0.25, -0.2) is 4.39 Å². The van der Waals surface area contributed by atoms with Crippen LogP contribution in [-0.2, 0) is 4.79 Å². The molecule has 0 spiro atoms. The fourth-order valence-electron chi connectivity index (χ4n) is 0.973. The third-order valence-electron chi connectivity index (χ3n) is 1.62. The van der Waals surface area contributed by atoms with Gasteiger partial charge in [-0.1, -0.05) is 18.2 Å². The first-order valence-electron chi connectivity index (χ1n) is 3.62. The Labute approximate surface area is 70.5 Å². The molecule has 62 valence electrons. The first kappa shape index (κ1) is 8.65. The molecule has 1 aromatic carbocycles. The molecule has 1 rings (SSSR count). The van der Waals surface area contributed by atoms with Crippen LogP contribution in [0.25, 0.3) is 5.57 Å². The summed E-state index contributed by atoms with van der Waals surface area (Å²) in [5, 5.41) is 0. The Morgan fingerprint density at radius 3 is 2.67 bits per heavy atom. The molecule has 2 heteroatoms. The van der Waals surface area contributed by atoms with Gasteiger partial charge in [0.2, 0.25) is 0 Å². The van der Waals surface area contributed by atoms with Crippen molar-refractivity contribution in [3.8, 4) is 0 Å². The lowest BCUT2D eigenvalue weighted by molar-refractivity contribution is -0.104. The van der Waals surface area contributed by atoms with Crippen LogP contribution in [0.4, 0.5) is 4.39 Å². The van der Waals surface area contributed by atoms with E-state index < -0.39 is 0 Å². The maximum Gasteiger partial charge on any atom is 0.143 e. The van der Waals surface area contributed by atoms with Crippen LogP contribution in [0.15, 0.2) is 30.3 Å². The van der Waals surface area contributed by atoms with Gasteiger partial charge in [-0.15, -0.1) is 0 Å². The summed E-state index contributed by atoms with van der Waals surface area (Å²) in [6, 6.07) is 6.37. The predicted octanol–water partition coefficient (Wildman–Crippen LogP) is 2.43. The standard InChI is InChI=1S/C10H9FO/c1-8(6-7-12)9-4-2-3-5-10(9)11/h2-7H,1H3/b8-6+. The fraction of sp³-hybridized carbons (Fsp3) is 0.100. The first-order chi connectivity index (χ1) is 5.75. The molecular weight excluding hydrogens is 155 g/mol. The average Bonchev–Trinajstić information content (AvgIpc) is 2.05. The molecule has 0 N–H and O–H groups in total. The fourth-order valence-corrected chi connectivity index (χ4v) is 0.973. The van der Waals surface area contributed by atoms with Crippen molar-refractivity contribution in [2.24, 2.45) is 0 Å². The maximum atomic E-state index is 13.0. The lowest BCUT2D eigenvalue weighted by Gasteiger charge is -2.00. The van der Waals surface area contributed by atoms with Crippen molar-refractivity contribution in [2.45, 2.75) is 6.92 Å². The molecule has 0 amide bonds. The number of allylic oxidation sites excluding steroid dienone is 2. The highest BCUT2D eigenvalue weighted by Gasteiger charge is 2.00. The summed E-state index contributed by atoms with van der Waals surface area (Å²) in [5.41, 5.74) is 1.12. The SMILES string of the molecule is C/C(=C\C=O)c1ccccc1F. The number of carbonyl (C=O) groups excluding carboxylic acids is 1. The Bertz CT molecular complexity index is 315. The van der Waals surface area contributed by atoms with Crippen molar-refractivity contribution >= 4 is 11.9 Å². The summed E-state index contributed by atoms with van der Waals surface area (Å²) in [6.07, 6.45) is 2.00. The third kappa shape index (κ3) is 1.78. The lowest BCUT2D eigenvalue weighted by Crippen LogP contribution is -1.85. The molecule has 0 atom stereocenters. The highest BCUT2D eigenvalue weighted by molar-refractivity contribution is 5.80. The molecule has 0 aliphatic rings. The van der Waals surface area contributed by atoms with E-state index in [1.807, 2.05) is 0 Å². The Hall–Kier alpha value is -1.44. The highest BCUT2D eigenvalue weighted by atomic mass is 19.1. The molecule has 1 aromatic rings. The van der Waals surface area contributed by atoms with Crippen molar-refractivity contribution in [1.29, 1.82) is 0 Å². The lowest BCUT2D eigenvalue weighted by atomic mass is 10.1. The van der Waals surface area contributed by atoms with E-state index in [9.17, 15) is 9.18 Å². The molecule has 0 aromatic heterocycles. The Kier molecular flexibility index (Phi) is 2.75. The molecule has 0 aliphatic heterocycles. The number of rotatable bonds is 2. The molecule has 0 aliphatic carbocycles. The predicted molar refractivity (Wildman–Crippen MR) is 46.1 cm³/mol. The van der Waals surface area contributed by atoms with E-state index in [2.05, 4.69) is 0 Å². The summed E-state index contributed by atoms with van der Waals surface area (Å²) in [6.45, 7) is 1.70. The van der Waals surface area contributed by atoms with Crippen LogP contribution in [0.2, 0.25) is 0 Å². The molecule has 0 bridgehead atoms. The highest BCUT2D eigenvalue weighted by Crippen LogP contribution is 2.15. The van der Waals surface area contributed by atoms with Crippen LogP contribution < -0.4 is 0 Å². The molecule has 12 heavy (non-hydrogen) atoms. The van der Waals surface area contributed by atoms with Gasteiger partial charge in [-0.05, 0) is 24.6 Å². The second-order valence-corrected chi connectivity index (χ2v) is 2.47. The Morgan fingerprint density at radius 2 is 2.08 bits per heavy atom. The van der Waals surface area contributed by atoms with Gasteiger partial charge in [-0.2, -0.15) is 0 Å². The summed E-state index contributed by atoms with van der Waals surface area (Å²) in [7, 11) is 0. The first-order valence-corrected chi connectivity index (χ1v) is 3.62. The van der Waals surface area contributed by atoms with E-state index in [4.69, 9.17) is 0 Å². The van der Waals surface area contributed by atoms with Crippen molar-refractivity contribution < 1.29 is 9.18 Å². The van der Waals surface area contributed by atoms with Crippen LogP contribution in [0.1, 0.15) is 12.5 Å². The maximum absolute atomic E-state index is 13.0. The van der Waals surface area contributed by atoms with Gasteiger partial charge in [0, 0.05) is 5.56 Å². The van der Waals surface area contributed by atoms with Gasteiger partial charge >= 0.3 is 0 Å². The smallest absolute Gasteiger partial charge is 0.143 e. The van der Waals surface area contributed by atoms with Gasteiger partial charge < -0.3 is 0 Å². The third-order valence-corrected chi connectivity index (χ3v) is 1.62. The summed E-state index contributed by atoms with van der Waals surface area (Å²) in [5.74, 6) is -0.298. The topological polar surface area (TPSA) is 17.1 Å². The van der Waals surface area contributed by atoms with E-state index in [0.717, 1.165) is 0 Å². The van der Waals surface area contributed by atoms with Gasteiger partial charge in [0.25, 0.3) is 0 Å². The van der Waals surface area contributed by atoms with Gasteiger partial charge in [0.15, 0.2) is 0 Å². The average molecular weight is 164 g/mol. The van der Waals surface area contributed by atoms with Crippen LogP contribution in [0.3, 0.4) is 0 Å². The Morgan fingerprint density at radius 1 is 1.42 bits per heavy atom. The van der Waals surface area contributed by atoms with E-state index >= 15 is 0 Å². The zero-order valence-electron chi connectivity index (χ0n) is 6.75. The van der Waals surface area contributed by atoms with Gasteiger partial charge in [0.1, 0.15) is 12.1 Å². The van der Waals surface area contributed by atoms with Gasteiger partial charge in [-0.3, -0.25) is 4.79 Å². The van der Waals surface area contributed by atoms with Crippen LogP contribution >= 0.6 is 0 Å². The van der Waals surface area contributed by atoms with Crippen LogP contribution in [-0.4, -0.2) is 6.29 Å². The number of halogens is 1. The van der Waals surface area contributed by atoms with Crippen LogP contribution in [0, 0.1) is 5.82 Å². The van der Waals surface area contributed by atoms with E-state index in [1.165, 1.54) is 12.1 Å². The van der Waals surface area contributed by atoms with Crippen molar-refractivity contribution in [1.82, 2.24) is 0 Å². The van der Waals surface area contributed by atoms with Gasteiger partial charge in [0.05, 0.1) is 0 Å². The number of hydrogen-bond donors (Lipinski definition) is 0. The quantitative estimate of drug-likeness (QED) is 0.484. The molecule has 0 fully saturated rings. The number of aldehydes is 1. The second kappa shape index (κ2) is 3.81. The van der Waals surface area contributed by atoms with E-state index in [1.54, 1.807) is 25.1 Å². The summed E-state index contributed by atoms with van der Waals surface area (Å²) >= 11 is 0. The van der Waals surface area contributed by atoms with E-state index in [0.29, 0.717) is 17.4 Å². The number of benzene rings is 1. The van der Waals surface area contributed by atoms with Crippen molar-refractivity contribution in [3.05, 3.63) is 41.7 Å². The largest absolute Gasteiger partial charge is 0.299 e. The van der Waals surface area contributed by atoms with E-state index in [-0.39, 0.29) is 5.82 Å². The molecule has 0 unspecified atom stereocenters. The minimum atomic E-state index is -0.298. The molecule has 0 radical (unpaired) electrons. The molecule has 0 saturated carbocycles. The molecule has 1 nitrogen and oxygen atoms in total. The molecule has 0 heterocycles. The summed E-state index contributed by atoms with van der Waals surface area (Å²) < 4.78 is 13.0. The zero-order chi connectivity index (χ0) is 8.97. The van der Waals surface area contributed by atoms with Crippen molar-refractivity contribution in [2.75, 3.05) is 0 Å². The summed E-state index contributed by atoms with van der Waals surface area (Å²) in [4.78, 5) is 10.1. The zero-order valence-corrected chi connectivity index (χ0v) is 6.75. The van der Waals surface area contributed by atoms with Crippen molar-refractivity contribution in [3.63, 3.8) is 0 Å². The normalized spacial score (nSPS) is 11.3. The number of carbonyl (C=O) groups is 1. The minimum Gasteiger partial charge on any atom is -0.299 e. The second-order valence-electron chi connectivity index (χ2n) is 2.47. The van der Waals surface area contributed by atoms with Crippen LogP contribution in [0.5, 0.6) is 0 Å². The molecule has 0 saturated heterocycles. The monoisotopic (exact) mass is 164 g/mol. The Balaban J connectivity index is 3.10. The molecular formula is C10H9FO. The number of hydrogen-bond acceptors (Lipinski definition) is 1.